The van der Waals surface area contributed by atoms with Crippen LogP contribution in [0.5, 0.6) is 0 Å². The number of aromatic nitrogens is 2. The average molecular weight is 480 g/mol. The number of nitrogens with one attached hydrogen (secondary N) is 2. The van der Waals surface area contributed by atoms with Crippen LogP contribution < -0.4 is 10.6 Å². The van der Waals surface area contributed by atoms with Gasteiger partial charge in [0.2, 0.25) is 11.8 Å². The van der Waals surface area contributed by atoms with Crippen molar-refractivity contribution in [1.29, 1.82) is 5.26 Å². The number of hydrogen-bond acceptors (Lipinski definition) is 4. The molecule has 7 nitrogen and oxygen atoms in total. The van der Waals surface area contributed by atoms with Crippen LogP contribution in [0.1, 0.15) is 50.9 Å². The number of nitrogens with zero attached hydrogens (tertiary/aromatic N) is 3. The summed E-state index contributed by atoms with van der Waals surface area (Å²) < 4.78 is 2.08. The van der Waals surface area contributed by atoms with E-state index in [4.69, 9.17) is 11.6 Å². The second kappa shape index (κ2) is 8.42. The third kappa shape index (κ3) is 3.98. The van der Waals surface area contributed by atoms with Crippen LogP contribution in [0.2, 0.25) is 5.02 Å². The molecule has 0 unspecified atom stereocenters. The van der Waals surface area contributed by atoms with Gasteiger partial charge in [0, 0.05) is 48.4 Å². The van der Waals surface area contributed by atoms with Gasteiger partial charge >= 0.3 is 0 Å². The van der Waals surface area contributed by atoms with Gasteiger partial charge in [-0.2, -0.15) is 5.26 Å². The maximum absolute atomic E-state index is 13.1. The lowest BCUT2D eigenvalue weighted by Crippen LogP contribution is -2.27. The Morgan fingerprint density at radius 3 is 2.38 bits per heavy atom. The predicted octanol–water partition coefficient (Wildman–Crippen LogP) is 4.39. The van der Waals surface area contributed by atoms with Crippen LogP contribution in [-0.2, 0) is 22.6 Å². The van der Waals surface area contributed by atoms with Gasteiger partial charge < -0.3 is 15.2 Å². The topological polar surface area (TPSA) is 99.8 Å². The Bertz CT molecular complexity index is 1200. The van der Waals surface area contributed by atoms with E-state index in [0.29, 0.717) is 28.4 Å². The van der Waals surface area contributed by atoms with E-state index in [9.17, 15) is 14.9 Å². The number of hydrogen-bond donors (Lipinski definition) is 2. The van der Waals surface area contributed by atoms with Crippen molar-refractivity contribution in [3.05, 3.63) is 34.7 Å². The highest BCUT2D eigenvalue weighted by Crippen LogP contribution is 2.49. The fourth-order valence-corrected chi connectivity index (χ4v) is 6.62. The lowest BCUT2D eigenvalue weighted by atomic mass is 9.89. The highest BCUT2D eigenvalue weighted by atomic mass is 35.5. The zero-order chi connectivity index (χ0) is 24.2. The van der Waals surface area contributed by atoms with Gasteiger partial charge in [-0.25, -0.2) is 4.98 Å². The molecule has 2 fully saturated rings. The molecule has 2 aliphatic carbocycles. The highest BCUT2D eigenvalue weighted by molar-refractivity contribution is 6.33. The number of nitriles is 1. The summed E-state index contributed by atoms with van der Waals surface area (Å²) in [6, 6.07) is 6.01. The number of carbonyl (C=O) groups excluding carboxylic acids is 2. The summed E-state index contributed by atoms with van der Waals surface area (Å²) in [4.78, 5) is 29.4. The van der Waals surface area contributed by atoms with Crippen LogP contribution in [0, 0.1) is 40.4 Å². The SMILES string of the molecule is CNC(=O)[C@@H]1C[C@@H]2C[C@H](C(=O)Nc3cc(-c4cc(C#N)n5c4CC(C)(C)C5)c(Cl)cn3)C[C@@H]2C1. The van der Waals surface area contributed by atoms with Crippen molar-refractivity contribution in [3.63, 3.8) is 0 Å². The van der Waals surface area contributed by atoms with Gasteiger partial charge in [0.05, 0.1) is 5.02 Å². The molecule has 3 heterocycles. The Balaban J connectivity index is 1.32. The van der Waals surface area contributed by atoms with E-state index in [-0.39, 0.29) is 29.1 Å². The third-order valence-corrected chi connectivity index (χ3v) is 8.26. The Morgan fingerprint density at radius 2 is 1.76 bits per heavy atom. The van der Waals surface area contributed by atoms with Crippen LogP contribution in [-0.4, -0.2) is 28.4 Å². The first-order chi connectivity index (χ1) is 16.2. The van der Waals surface area contributed by atoms with Gasteiger partial charge in [-0.15, -0.1) is 0 Å². The van der Waals surface area contributed by atoms with Gasteiger partial charge in [0.25, 0.3) is 0 Å². The van der Waals surface area contributed by atoms with Gasteiger partial charge in [0.1, 0.15) is 17.6 Å². The summed E-state index contributed by atoms with van der Waals surface area (Å²) in [5, 5.41) is 15.9. The maximum Gasteiger partial charge on any atom is 0.228 e. The summed E-state index contributed by atoms with van der Waals surface area (Å²) in [6.07, 6.45) is 5.80. The first kappa shape index (κ1) is 22.9. The molecule has 2 aromatic heterocycles. The molecular formula is C26H30ClN5O2. The summed E-state index contributed by atoms with van der Waals surface area (Å²) in [7, 11) is 1.68. The van der Waals surface area contributed by atoms with Crippen LogP contribution in [0.15, 0.2) is 18.3 Å². The van der Waals surface area contributed by atoms with Crippen molar-refractivity contribution < 1.29 is 9.59 Å². The molecule has 2 saturated carbocycles. The largest absolute Gasteiger partial charge is 0.359 e. The first-order valence-electron chi connectivity index (χ1n) is 12.0. The first-order valence-corrected chi connectivity index (χ1v) is 12.4. The van der Waals surface area contributed by atoms with Crippen molar-refractivity contribution in [3.8, 4) is 17.2 Å². The lowest BCUT2D eigenvalue weighted by molar-refractivity contribution is -0.124. The molecule has 0 bridgehead atoms. The van der Waals surface area contributed by atoms with Crippen LogP contribution in [0.25, 0.3) is 11.1 Å². The van der Waals surface area contributed by atoms with E-state index in [0.717, 1.165) is 55.5 Å². The Labute approximate surface area is 204 Å². The average Bonchev–Trinajstić information content (AvgIpc) is 3.52. The molecule has 2 amide bonds. The number of amides is 2. The molecule has 0 spiro atoms. The van der Waals surface area contributed by atoms with Gasteiger partial charge in [-0.05, 0) is 61.5 Å². The molecule has 8 heteroatoms. The Hall–Kier alpha value is -2.85. The molecule has 178 valence electrons. The van der Waals surface area contributed by atoms with Gasteiger partial charge in [-0.1, -0.05) is 25.4 Å². The Morgan fingerprint density at radius 1 is 1.12 bits per heavy atom. The van der Waals surface area contributed by atoms with Crippen LogP contribution in [0.4, 0.5) is 5.82 Å². The van der Waals surface area contributed by atoms with Crippen molar-refractivity contribution in [2.75, 3.05) is 12.4 Å². The van der Waals surface area contributed by atoms with E-state index < -0.39 is 0 Å². The second-order valence-electron chi connectivity index (χ2n) is 10.9. The quantitative estimate of drug-likeness (QED) is 0.679. The van der Waals surface area contributed by atoms with Crippen molar-refractivity contribution >= 4 is 29.2 Å². The number of halogens is 1. The standard InChI is InChI=1S/C26H30ClN5O2/c1-26(2)10-22-20(8-18(11-28)32(22)13-26)19-9-23(30-12-21(19)27)31-25(34)17-6-14-4-16(24(33)29-3)5-15(14)7-17/h8-9,12,14-17H,4-7,10,13H2,1-3H3,(H,29,33)(H,30,31,34)/t14-,15+,16-,17+. The fourth-order valence-electron chi connectivity index (χ4n) is 6.41. The predicted molar refractivity (Wildman–Crippen MR) is 130 cm³/mol. The molecule has 4 atom stereocenters. The van der Waals surface area contributed by atoms with Crippen LogP contribution in [0.3, 0.4) is 0 Å². The highest BCUT2D eigenvalue weighted by Gasteiger charge is 2.45. The molecule has 3 aliphatic rings. The minimum atomic E-state index is -0.0636. The fraction of sp³-hybridized carbons (Fsp3) is 0.538. The second-order valence-corrected chi connectivity index (χ2v) is 11.3. The normalized spacial score (nSPS) is 26.6. The summed E-state index contributed by atoms with van der Waals surface area (Å²) in [5.74, 6) is 1.46. The minimum Gasteiger partial charge on any atom is -0.359 e. The smallest absolute Gasteiger partial charge is 0.228 e. The molecule has 5 rings (SSSR count). The summed E-state index contributed by atoms with van der Waals surface area (Å²) in [6.45, 7) is 5.18. The number of rotatable bonds is 4. The third-order valence-electron chi connectivity index (χ3n) is 7.96. The lowest BCUT2D eigenvalue weighted by Gasteiger charge is -2.16. The van der Waals surface area contributed by atoms with E-state index in [1.807, 2.05) is 12.1 Å². The number of fused-ring (bicyclic) bond motifs is 2. The molecule has 2 aromatic rings. The van der Waals surface area contributed by atoms with Crippen molar-refractivity contribution in [1.82, 2.24) is 14.9 Å². The summed E-state index contributed by atoms with van der Waals surface area (Å²) in [5.41, 5.74) is 3.51. The zero-order valence-corrected chi connectivity index (χ0v) is 20.6. The molecule has 0 saturated heterocycles. The van der Waals surface area contributed by atoms with Gasteiger partial charge in [-0.3, -0.25) is 9.59 Å². The molecule has 0 radical (unpaired) electrons. The Kier molecular flexibility index (Phi) is 5.68. The molecule has 34 heavy (non-hydrogen) atoms. The van der Waals surface area contributed by atoms with E-state index in [2.05, 4.69) is 40.1 Å². The van der Waals surface area contributed by atoms with E-state index >= 15 is 0 Å². The monoisotopic (exact) mass is 479 g/mol. The van der Waals surface area contributed by atoms with Crippen molar-refractivity contribution in [2.24, 2.45) is 29.1 Å². The molecule has 1 aliphatic heterocycles. The molecule has 2 N–H and O–H groups in total. The zero-order valence-electron chi connectivity index (χ0n) is 19.8. The van der Waals surface area contributed by atoms with Crippen molar-refractivity contribution in [2.45, 2.75) is 52.5 Å². The van der Waals surface area contributed by atoms with Gasteiger partial charge in [0.15, 0.2) is 0 Å². The van der Waals surface area contributed by atoms with E-state index in [1.165, 1.54) is 0 Å². The van der Waals surface area contributed by atoms with Crippen LogP contribution >= 0.6 is 11.6 Å². The number of pyridine rings is 1. The molecular weight excluding hydrogens is 450 g/mol. The number of carbonyl (C=O) groups is 2. The minimum absolute atomic E-state index is 0.0207. The summed E-state index contributed by atoms with van der Waals surface area (Å²) >= 11 is 6.54. The number of anilines is 1. The molecule has 0 aromatic carbocycles. The van der Waals surface area contributed by atoms with E-state index in [1.54, 1.807) is 13.2 Å². The maximum atomic E-state index is 13.1.